The fraction of sp³-hybridized carbons (Fsp3) is 0.464. The van der Waals surface area contributed by atoms with Gasteiger partial charge in [-0.1, -0.05) is 53.7 Å². The highest BCUT2D eigenvalue weighted by atomic mass is 35.5. The minimum absolute atomic E-state index is 0.0226. The summed E-state index contributed by atoms with van der Waals surface area (Å²) < 4.78 is 5.61. The molecule has 2 aliphatic rings. The Kier molecular flexibility index (Phi) is 7.37. The van der Waals surface area contributed by atoms with Crippen LogP contribution in [0, 0.1) is 12.8 Å². The van der Waals surface area contributed by atoms with Gasteiger partial charge in [-0.15, -0.1) is 0 Å². The molecule has 0 bridgehead atoms. The van der Waals surface area contributed by atoms with Gasteiger partial charge in [0, 0.05) is 35.4 Å². The number of piperidine rings is 1. The highest BCUT2D eigenvalue weighted by Gasteiger charge is 2.34. The first-order valence-corrected chi connectivity index (χ1v) is 13.2. The number of nitrogens with zero attached hydrogens (tertiary/aromatic N) is 4. The number of halogens is 1. The van der Waals surface area contributed by atoms with Gasteiger partial charge in [0.25, 0.3) is 0 Å². The quantitative estimate of drug-likeness (QED) is 0.405. The Morgan fingerprint density at radius 2 is 1.77 bits per heavy atom. The molecule has 2 heterocycles. The van der Waals surface area contributed by atoms with E-state index in [4.69, 9.17) is 16.1 Å². The second-order valence-electron chi connectivity index (χ2n) is 9.90. The molecule has 2 aromatic carbocycles. The number of aromatic nitrogens is 2. The van der Waals surface area contributed by atoms with E-state index in [1.165, 1.54) is 17.7 Å². The van der Waals surface area contributed by atoms with Crippen molar-refractivity contribution in [2.45, 2.75) is 64.5 Å². The van der Waals surface area contributed by atoms with Crippen molar-refractivity contribution in [2.24, 2.45) is 5.92 Å². The summed E-state index contributed by atoms with van der Waals surface area (Å²) in [6.45, 7) is 4.21. The molecule has 1 saturated carbocycles. The predicted molar refractivity (Wildman–Crippen MR) is 138 cm³/mol. The minimum Gasteiger partial charge on any atom is -0.371 e. The van der Waals surface area contributed by atoms with E-state index in [9.17, 15) is 4.79 Å². The van der Waals surface area contributed by atoms with E-state index in [2.05, 4.69) is 46.2 Å². The molecular weight excluding hydrogens is 460 g/mol. The zero-order valence-electron chi connectivity index (χ0n) is 20.3. The molecule has 1 aliphatic carbocycles. The van der Waals surface area contributed by atoms with Crippen molar-refractivity contribution < 1.29 is 9.32 Å². The largest absolute Gasteiger partial charge is 0.371 e. The number of hydrogen-bond donors (Lipinski definition) is 0. The molecule has 1 saturated heterocycles. The van der Waals surface area contributed by atoms with Gasteiger partial charge in [-0.05, 0) is 69.0 Å². The Morgan fingerprint density at radius 3 is 2.51 bits per heavy atom. The van der Waals surface area contributed by atoms with Gasteiger partial charge < -0.3 is 14.3 Å². The number of hydrogen-bond acceptors (Lipinski definition) is 5. The Labute approximate surface area is 212 Å². The topological polar surface area (TPSA) is 62.5 Å². The molecule has 184 valence electrons. The van der Waals surface area contributed by atoms with Gasteiger partial charge in [0.05, 0.1) is 5.92 Å². The van der Waals surface area contributed by atoms with Crippen LogP contribution in [-0.2, 0) is 11.3 Å². The summed E-state index contributed by atoms with van der Waals surface area (Å²) in [5.74, 6) is 1.21. The molecule has 1 amide bonds. The molecule has 6 nitrogen and oxygen atoms in total. The number of rotatable bonds is 6. The van der Waals surface area contributed by atoms with Crippen LogP contribution in [-0.4, -0.2) is 40.1 Å². The highest BCUT2D eigenvalue weighted by molar-refractivity contribution is 6.30. The van der Waals surface area contributed by atoms with Gasteiger partial charge in [-0.3, -0.25) is 4.79 Å². The van der Waals surface area contributed by atoms with Crippen LogP contribution in [0.4, 0.5) is 5.69 Å². The van der Waals surface area contributed by atoms with Crippen LogP contribution >= 0.6 is 11.6 Å². The number of carbonyl (C=O) groups excluding carboxylic acids is 1. The van der Waals surface area contributed by atoms with Crippen molar-refractivity contribution >= 4 is 23.2 Å². The first kappa shape index (κ1) is 23.9. The number of aryl methyl sites for hydroxylation is 1. The summed E-state index contributed by atoms with van der Waals surface area (Å²) in [5.41, 5.74) is 3.29. The van der Waals surface area contributed by atoms with Crippen molar-refractivity contribution in [3.8, 4) is 11.4 Å². The van der Waals surface area contributed by atoms with Gasteiger partial charge >= 0.3 is 0 Å². The SMILES string of the molecule is Cc1ccc(N2CCC[C@H](C(=O)N(Cc3nc(-c4ccc(Cl)cc4)no3)C3CCCCC3)C2)cc1. The first-order valence-electron chi connectivity index (χ1n) is 12.8. The molecule has 1 atom stereocenters. The third kappa shape index (κ3) is 5.69. The molecule has 0 spiro atoms. The van der Waals surface area contributed by atoms with Crippen LogP contribution in [0.5, 0.6) is 0 Å². The van der Waals surface area contributed by atoms with E-state index in [-0.39, 0.29) is 17.9 Å². The van der Waals surface area contributed by atoms with Crippen LogP contribution in [0.3, 0.4) is 0 Å². The lowest BCUT2D eigenvalue weighted by Gasteiger charge is -2.39. The monoisotopic (exact) mass is 492 g/mol. The fourth-order valence-corrected chi connectivity index (χ4v) is 5.49. The van der Waals surface area contributed by atoms with Crippen LogP contribution in [0.15, 0.2) is 53.1 Å². The normalized spacial score (nSPS) is 19.0. The van der Waals surface area contributed by atoms with E-state index >= 15 is 0 Å². The number of anilines is 1. The van der Waals surface area contributed by atoms with E-state index in [0.29, 0.717) is 23.3 Å². The van der Waals surface area contributed by atoms with Crippen LogP contribution < -0.4 is 4.90 Å². The zero-order valence-corrected chi connectivity index (χ0v) is 21.1. The highest BCUT2D eigenvalue weighted by Crippen LogP contribution is 2.30. The van der Waals surface area contributed by atoms with E-state index < -0.39 is 0 Å². The molecule has 1 aromatic heterocycles. The third-order valence-electron chi connectivity index (χ3n) is 7.34. The van der Waals surface area contributed by atoms with Gasteiger partial charge in [-0.2, -0.15) is 4.98 Å². The van der Waals surface area contributed by atoms with E-state index in [1.807, 2.05) is 29.2 Å². The molecule has 35 heavy (non-hydrogen) atoms. The summed E-state index contributed by atoms with van der Waals surface area (Å²) in [6, 6.07) is 16.2. The second kappa shape index (κ2) is 10.8. The summed E-state index contributed by atoms with van der Waals surface area (Å²) in [5, 5.41) is 4.84. The maximum atomic E-state index is 13.9. The lowest BCUT2D eigenvalue weighted by molar-refractivity contribution is -0.140. The predicted octanol–water partition coefficient (Wildman–Crippen LogP) is 6.28. The van der Waals surface area contributed by atoms with Crippen molar-refractivity contribution in [2.75, 3.05) is 18.0 Å². The number of amides is 1. The maximum Gasteiger partial charge on any atom is 0.246 e. The average molecular weight is 493 g/mol. The zero-order chi connectivity index (χ0) is 24.2. The van der Waals surface area contributed by atoms with Gasteiger partial charge in [-0.25, -0.2) is 0 Å². The molecule has 2 fully saturated rings. The summed E-state index contributed by atoms with van der Waals surface area (Å²) in [7, 11) is 0. The Bertz CT molecular complexity index is 1120. The van der Waals surface area contributed by atoms with Crippen molar-refractivity contribution in [1.82, 2.24) is 15.0 Å². The van der Waals surface area contributed by atoms with Crippen LogP contribution in [0.2, 0.25) is 5.02 Å². The third-order valence-corrected chi connectivity index (χ3v) is 7.60. The van der Waals surface area contributed by atoms with Crippen LogP contribution in [0.25, 0.3) is 11.4 Å². The molecule has 7 heteroatoms. The second-order valence-corrected chi connectivity index (χ2v) is 10.3. The number of benzene rings is 2. The van der Waals surface area contributed by atoms with Crippen LogP contribution in [0.1, 0.15) is 56.4 Å². The maximum absolute atomic E-state index is 13.9. The van der Waals surface area contributed by atoms with Crippen molar-refractivity contribution in [1.29, 1.82) is 0 Å². The molecule has 5 rings (SSSR count). The van der Waals surface area contributed by atoms with Gasteiger partial charge in [0.1, 0.15) is 6.54 Å². The summed E-state index contributed by atoms with van der Waals surface area (Å²) >= 11 is 6.01. The van der Waals surface area contributed by atoms with E-state index in [0.717, 1.165) is 57.2 Å². The van der Waals surface area contributed by atoms with Crippen molar-refractivity contribution in [3.05, 3.63) is 65.0 Å². The van der Waals surface area contributed by atoms with Gasteiger partial charge in [0.2, 0.25) is 17.6 Å². The fourth-order valence-electron chi connectivity index (χ4n) is 5.36. The first-order chi connectivity index (χ1) is 17.1. The lowest BCUT2D eigenvalue weighted by atomic mass is 9.91. The number of carbonyl (C=O) groups is 1. The summed E-state index contributed by atoms with van der Waals surface area (Å²) in [4.78, 5) is 23.0. The molecular formula is C28H33ClN4O2. The smallest absolute Gasteiger partial charge is 0.246 e. The van der Waals surface area contributed by atoms with Gasteiger partial charge in [0.15, 0.2) is 0 Å². The molecule has 0 N–H and O–H groups in total. The molecule has 1 aliphatic heterocycles. The van der Waals surface area contributed by atoms with E-state index in [1.54, 1.807) is 0 Å². The average Bonchev–Trinajstić information content (AvgIpc) is 3.37. The molecule has 0 radical (unpaired) electrons. The molecule has 0 unspecified atom stereocenters. The lowest BCUT2D eigenvalue weighted by Crippen LogP contribution is -2.48. The minimum atomic E-state index is -0.0226. The Morgan fingerprint density at radius 1 is 1.03 bits per heavy atom. The summed E-state index contributed by atoms with van der Waals surface area (Å²) in [6.07, 6.45) is 7.58. The Balaban J connectivity index is 1.33. The molecule has 3 aromatic rings. The Hall–Kier alpha value is -2.86. The van der Waals surface area contributed by atoms with Crippen molar-refractivity contribution in [3.63, 3.8) is 0 Å². The standard InChI is InChI=1S/C28H33ClN4O2/c1-20-9-15-24(16-10-20)32-17-5-6-22(18-32)28(34)33(25-7-3-2-4-8-25)19-26-30-27(31-35-26)21-11-13-23(29)14-12-21/h9-16,22,25H,2-8,17-19H2,1H3/t22-/m0/s1.